The molecule has 0 heterocycles. The first kappa shape index (κ1) is 15.9. The zero-order valence-electron chi connectivity index (χ0n) is 12.5. The van der Waals surface area contributed by atoms with Crippen molar-refractivity contribution in [3.8, 4) is 0 Å². The van der Waals surface area contributed by atoms with Crippen LogP contribution in [0, 0.1) is 35.3 Å². The molecule has 1 saturated carbocycles. The molecule has 1 aliphatic rings. The molecule has 1 aromatic carbocycles. The summed E-state index contributed by atoms with van der Waals surface area (Å²) in [4.78, 5) is 11.4. The summed E-state index contributed by atoms with van der Waals surface area (Å²) < 4.78 is 27.1. The van der Waals surface area contributed by atoms with E-state index in [2.05, 4.69) is 13.8 Å². The van der Waals surface area contributed by atoms with Crippen LogP contribution in [0.5, 0.6) is 0 Å². The summed E-state index contributed by atoms with van der Waals surface area (Å²) in [6.45, 7) is 4.26. The Labute approximate surface area is 124 Å². The molecule has 0 spiro atoms. The third-order valence-electron chi connectivity index (χ3n) is 4.80. The summed E-state index contributed by atoms with van der Waals surface area (Å²) >= 11 is 0. The summed E-state index contributed by atoms with van der Waals surface area (Å²) in [5, 5.41) is 9.37. The molecule has 3 unspecified atom stereocenters. The second-order valence-electron chi connectivity index (χ2n) is 6.44. The van der Waals surface area contributed by atoms with Gasteiger partial charge in [-0.3, -0.25) is 4.79 Å². The van der Waals surface area contributed by atoms with Crippen LogP contribution in [0.3, 0.4) is 0 Å². The van der Waals surface area contributed by atoms with Crippen LogP contribution in [-0.2, 0) is 11.2 Å². The molecule has 0 radical (unpaired) electrons. The molecule has 116 valence electrons. The molecule has 0 aliphatic heterocycles. The maximum absolute atomic E-state index is 13.8. The van der Waals surface area contributed by atoms with Crippen molar-refractivity contribution < 1.29 is 18.7 Å². The molecule has 1 fully saturated rings. The van der Waals surface area contributed by atoms with E-state index in [0.29, 0.717) is 24.7 Å². The van der Waals surface area contributed by atoms with Gasteiger partial charge in [-0.05, 0) is 55.1 Å². The van der Waals surface area contributed by atoms with E-state index < -0.39 is 23.5 Å². The Morgan fingerprint density at radius 1 is 1.33 bits per heavy atom. The second kappa shape index (κ2) is 6.54. The van der Waals surface area contributed by atoms with Crippen LogP contribution >= 0.6 is 0 Å². The fourth-order valence-electron chi connectivity index (χ4n) is 3.45. The number of carboxylic acids is 1. The van der Waals surface area contributed by atoms with E-state index in [0.717, 1.165) is 18.9 Å². The van der Waals surface area contributed by atoms with Crippen molar-refractivity contribution in [2.24, 2.45) is 23.7 Å². The van der Waals surface area contributed by atoms with Gasteiger partial charge in [-0.1, -0.05) is 26.0 Å². The van der Waals surface area contributed by atoms with Gasteiger partial charge >= 0.3 is 5.97 Å². The predicted molar refractivity (Wildman–Crippen MR) is 76.9 cm³/mol. The van der Waals surface area contributed by atoms with E-state index >= 15 is 0 Å². The standard InChI is InChI=1S/C17H22F2O2/c1-10(2)11-6-7-14(17(20)21)13(8-11)9-12-4-3-5-15(18)16(12)19/h3-5,10-11,13-14H,6-9H2,1-2H3,(H,20,21). The zero-order valence-corrected chi connectivity index (χ0v) is 12.5. The molecule has 2 rings (SSSR count). The number of halogens is 2. The predicted octanol–water partition coefficient (Wildman–Crippen LogP) is 4.28. The van der Waals surface area contributed by atoms with E-state index in [1.807, 2.05) is 0 Å². The second-order valence-corrected chi connectivity index (χ2v) is 6.44. The highest BCUT2D eigenvalue weighted by molar-refractivity contribution is 5.70. The van der Waals surface area contributed by atoms with Crippen molar-refractivity contribution >= 4 is 5.97 Å². The van der Waals surface area contributed by atoms with Crippen molar-refractivity contribution in [2.45, 2.75) is 39.5 Å². The topological polar surface area (TPSA) is 37.3 Å². The minimum absolute atomic E-state index is 0.125. The van der Waals surface area contributed by atoms with E-state index in [4.69, 9.17) is 0 Å². The van der Waals surface area contributed by atoms with Crippen molar-refractivity contribution in [1.29, 1.82) is 0 Å². The molecule has 0 amide bonds. The van der Waals surface area contributed by atoms with Crippen LogP contribution in [0.2, 0.25) is 0 Å². The minimum Gasteiger partial charge on any atom is -0.481 e. The molecule has 1 N–H and O–H groups in total. The first-order chi connectivity index (χ1) is 9.90. The van der Waals surface area contributed by atoms with E-state index in [-0.39, 0.29) is 11.5 Å². The number of rotatable bonds is 4. The van der Waals surface area contributed by atoms with Crippen LogP contribution in [-0.4, -0.2) is 11.1 Å². The highest BCUT2D eigenvalue weighted by Gasteiger charge is 2.36. The summed E-state index contributed by atoms with van der Waals surface area (Å²) in [5.41, 5.74) is 0.288. The molecule has 1 aliphatic carbocycles. The Morgan fingerprint density at radius 3 is 2.67 bits per heavy atom. The average molecular weight is 296 g/mol. The molecule has 0 saturated heterocycles. The molecule has 2 nitrogen and oxygen atoms in total. The third-order valence-corrected chi connectivity index (χ3v) is 4.80. The Hall–Kier alpha value is -1.45. The fraction of sp³-hybridized carbons (Fsp3) is 0.588. The Morgan fingerprint density at radius 2 is 2.05 bits per heavy atom. The number of benzene rings is 1. The SMILES string of the molecule is CC(C)C1CCC(C(=O)O)C(Cc2cccc(F)c2F)C1. The maximum Gasteiger partial charge on any atom is 0.306 e. The largest absolute Gasteiger partial charge is 0.481 e. The van der Waals surface area contributed by atoms with E-state index in [1.165, 1.54) is 6.07 Å². The van der Waals surface area contributed by atoms with Gasteiger partial charge in [0.25, 0.3) is 0 Å². The number of carbonyl (C=O) groups is 1. The van der Waals surface area contributed by atoms with Crippen molar-refractivity contribution in [1.82, 2.24) is 0 Å². The van der Waals surface area contributed by atoms with Crippen LogP contribution in [0.15, 0.2) is 18.2 Å². The van der Waals surface area contributed by atoms with Crippen LogP contribution < -0.4 is 0 Å². The lowest BCUT2D eigenvalue weighted by molar-refractivity contribution is -0.145. The van der Waals surface area contributed by atoms with Gasteiger partial charge in [0.05, 0.1) is 5.92 Å². The number of hydrogen-bond acceptors (Lipinski definition) is 1. The van der Waals surface area contributed by atoms with Gasteiger partial charge < -0.3 is 5.11 Å². The monoisotopic (exact) mass is 296 g/mol. The summed E-state index contributed by atoms with van der Waals surface area (Å²) in [6.07, 6.45) is 2.59. The van der Waals surface area contributed by atoms with Gasteiger partial charge in [0.2, 0.25) is 0 Å². The highest BCUT2D eigenvalue weighted by atomic mass is 19.2. The number of hydrogen-bond donors (Lipinski definition) is 1. The molecule has 0 aromatic heterocycles. The van der Waals surface area contributed by atoms with Crippen molar-refractivity contribution in [3.05, 3.63) is 35.4 Å². The lowest BCUT2D eigenvalue weighted by atomic mass is 9.69. The molecule has 3 atom stereocenters. The van der Waals surface area contributed by atoms with Gasteiger partial charge in [-0.25, -0.2) is 8.78 Å². The molecule has 1 aromatic rings. The summed E-state index contributed by atoms with van der Waals surface area (Å²) in [7, 11) is 0. The Balaban J connectivity index is 2.20. The Kier molecular flexibility index (Phi) is 4.96. The molecular formula is C17H22F2O2. The first-order valence-electron chi connectivity index (χ1n) is 7.55. The Bertz CT molecular complexity index is 514. The van der Waals surface area contributed by atoms with E-state index in [1.54, 1.807) is 6.07 Å². The van der Waals surface area contributed by atoms with Gasteiger partial charge in [0.1, 0.15) is 0 Å². The molecule has 21 heavy (non-hydrogen) atoms. The first-order valence-corrected chi connectivity index (χ1v) is 7.55. The van der Waals surface area contributed by atoms with Crippen molar-refractivity contribution in [2.75, 3.05) is 0 Å². The summed E-state index contributed by atoms with van der Waals surface area (Å²) in [5.74, 6) is -2.16. The lowest BCUT2D eigenvalue weighted by Gasteiger charge is -2.36. The number of aliphatic carboxylic acids is 1. The number of carboxylic acid groups (broad SMARTS) is 1. The van der Waals surface area contributed by atoms with Crippen LogP contribution in [0.1, 0.15) is 38.7 Å². The normalized spacial score (nSPS) is 26.0. The maximum atomic E-state index is 13.8. The highest BCUT2D eigenvalue weighted by Crippen LogP contribution is 2.39. The average Bonchev–Trinajstić information content (AvgIpc) is 2.43. The smallest absolute Gasteiger partial charge is 0.306 e. The van der Waals surface area contributed by atoms with Gasteiger partial charge in [0, 0.05) is 0 Å². The summed E-state index contributed by atoms with van der Waals surface area (Å²) in [6, 6.07) is 4.12. The zero-order chi connectivity index (χ0) is 15.6. The lowest BCUT2D eigenvalue weighted by Crippen LogP contribution is -2.33. The van der Waals surface area contributed by atoms with Crippen molar-refractivity contribution in [3.63, 3.8) is 0 Å². The fourth-order valence-corrected chi connectivity index (χ4v) is 3.45. The minimum atomic E-state index is -0.865. The molecule has 0 bridgehead atoms. The molecule has 4 heteroatoms. The quantitative estimate of drug-likeness (QED) is 0.900. The van der Waals surface area contributed by atoms with Gasteiger partial charge in [-0.2, -0.15) is 0 Å². The molecular weight excluding hydrogens is 274 g/mol. The van der Waals surface area contributed by atoms with Gasteiger partial charge in [-0.15, -0.1) is 0 Å². The van der Waals surface area contributed by atoms with Crippen LogP contribution in [0.25, 0.3) is 0 Å². The van der Waals surface area contributed by atoms with Crippen LogP contribution in [0.4, 0.5) is 8.78 Å². The van der Waals surface area contributed by atoms with E-state index in [9.17, 15) is 18.7 Å². The van der Waals surface area contributed by atoms with Gasteiger partial charge in [0.15, 0.2) is 11.6 Å². The third kappa shape index (κ3) is 3.60.